The van der Waals surface area contributed by atoms with Crippen LogP contribution in [0.5, 0.6) is 0 Å². The Kier molecular flexibility index (Phi) is 7.44. The third-order valence-corrected chi connectivity index (χ3v) is 5.89. The van der Waals surface area contributed by atoms with Gasteiger partial charge in [0.25, 0.3) is 0 Å². The van der Waals surface area contributed by atoms with Crippen LogP contribution in [0.15, 0.2) is 95.6 Å². The smallest absolute Gasteiger partial charge is 0.307 e. The van der Waals surface area contributed by atoms with Crippen LogP contribution in [0, 0.1) is 0 Å². The summed E-state index contributed by atoms with van der Waals surface area (Å²) >= 11 is 3.48. The lowest BCUT2D eigenvalue weighted by atomic mass is 10.00. The van der Waals surface area contributed by atoms with E-state index in [4.69, 9.17) is 4.74 Å². The molecule has 170 valence electrons. The monoisotopic (exact) mass is 516 g/mol. The van der Waals surface area contributed by atoms with E-state index in [1.54, 1.807) is 60.8 Å². The number of halogens is 1. The van der Waals surface area contributed by atoms with E-state index >= 15 is 0 Å². The summed E-state index contributed by atoms with van der Waals surface area (Å²) in [6.45, 7) is 0. The van der Waals surface area contributed by atoms with Crippen molar-refractivity contribution in [1.82, 2.24) is 4.98 Å². The van der Waals surface area contributed by atoms with E-state index in [1.165, 1.54) is 0 Å². The Labute approximate surface area is 205 Å². The number of aromatic nitrogens is 1. The molecule has 1 heterocycles. The first-order valence-electron chi connectivity index (χ1n) is 10.7. The molecule has 4 aromatic rings. The first-order valence-corrected chi connectivity index (χ1v) is 11.5. The highest BCUT2D eigenvalue weighted by molar-refractivity contribution is 9.10. The molecule has 0 aliphatic heterocycles. The van der Waals surface area contributed by atoms with Gasteiger partial charge in [0.2, 0.25) is 11.7 Å². The van der Waals surface area contributed by atoms with Crippen molar-refractivity contribution in [2.24, 2.45) is 0 Å². The van der Waals surface area contributed by atoms with Crippen LogP contribution in [0.2, 0.25) is 0 Å². The molecule has 34 heavy (non-hydrogen) atoms. The minimum atomic E-state index is -1.08. The molecular weight excluding hydrogens is 496 g/mol. The van der Waals surface area contributed by atoms with Gasteiger partial charge in [-0.05, 0) is 18.2 Å². The third-order valence-electron chi connectivity index (χ3n) is 5.19. The normalized spacial score (nSPS) is 11.6. The molecule has 0 radical (unpaired) electrons. The summed E-state index contributed by atoms with van der Waals surface area (Å²) in [5.74, 6) is -1.30. The molecular formula is C27H21BrN2O4. The van der Waals surface area contributed by atoms with Crippen LogP contribution in [0.3, 0.4) is 0 Å². The van der Waals surface area contributed by atoms with Gasteiger partial charge in [0, 0.05) is 33.6 Å². The average molecular weight is 517 g/mol. The zero-order valence-corrected chi connectivity index (χ0v) is 19.7. The first-order chi connectivity index (χ1) is 16.5. The molecule has 1 amide bonds. The largest absolute Gasteiger partial charge is 0.449 e. The number of nitrogens with zero attached hydrogens (tertiary/aromatic N) is 1. The van der Waals surface area contributed by atoms with Gasteiger partial charge in [-0.2, -0.15) is 0 Å². The molecule has 0 aliphatic carbocycles. The summed E-state index contributed by atoms with van der Waals surface area (Å²) in [5.41, 5.74) is 2.21. The number of benzene rings is 3. The summed E-state index contributed by atoms with van der Waals surface area (Å²) in [6.07, 6.45) is 0.303. The number of fused-ring (bicyclic) bond motifs is 1. The fourth-order valence-electron chi connectivity index (χ4n) is 3.51. The van der Waals surface area contributed by atoms with Gasteiger partial charge in [-0.25, -0.2) is 0 Å². The van der Waals surface area contributed by atoms with Crippen LogP contribution in [0.25, 0.3) is 10.9 Å². The van der Waals surface area contributed by atoms with Crippen molar-refractivity contribution in [2.45, 2.75) is 18.9 Å². The quantitative estimate of drug-likeness (QED) is 0.233. The van der Waals surface area contributed by atoms with Crippen molar-refractivity contribution < 1.29 is 19.1 Å². The highest BCUT2D eigenvalue weighted by atomic mass is 79.9. The first kappa shape index (κ1) is 23.3. The molecule has 0 saturated carbocycles. The summed E-state index contributed by atoms with van der Waals surface area (Å²) < 4.78 is 6.42. The minimum absolute atomic E-state index is 0.0930. The van der Waals surface area contributed by atoms with Gasteiger partial charge in [0.05, 0.1) is 17.6 Å². The standard InChI is InChI=1S/C27H21BrN2O4/c28-21-13-14-22(25-20(21)12-7-17-29-25)30-23(31)15-16-24(32)34-27(19-10-5-2-6-11-19)26(33)18-8-3-1-4-9-18/h1-14,17,27H,15-16H2,(H,30,31)/t27-/m0/s1. The van der Waals surface area contributed by atoms with Crippen molar-refractivity contribution in [3.05, 3.63) is 107 Å². The van der Waals surface area contributed by atoms with Crippen molar-refractivity contribution in [3.8, 4) is 0 Å². The Morgan fingerprint density at radius 1 is 0.853 bits per heavy atom. The maximum Gasteiger partial charge on any atom is 0.307 e. The van der Waals surface area contributed by atoms with E-state index in [9.17, 15) is 14.4 Å². The number of ether oxygens (including phenoxy) is 1. The molecule has 4 rings (SSSR count). The zero-order valence-electron chi connectivity index (χ0n) is 18.1. The Morgan fingerprint density at radius 2 is 1.56 bits per heavy atom. The number of ketones is 1. The number of esters is 1. The maximum atomic E-state index is 13.0. The third kappa shape index (κ3) is 5.55. The number of hydrogen-bond acceptors (Lipinski definition) is 5. The van der Waals surface area contributed by atoms with E-state index in [1.807, 2.05) is 30.3 Å². The highest BCUT2D eigenvalue weighted by Crippen LogP contribution is 2.28. The van der Waals surface area contributed by atoms with Gasteiger partial charge in [-0.15, -0.1) is 0 Å². The van der Waals surface area contributed by atoms with Crippen molar-refractivity contribution in [1.29, 1.82) is 0 Å². The summed E-state index contributed by atoms with van der Waals surface area (Å²) in [7, 11) is 0. The van der Waals surface area contributed by atoms with Crippen LogP contribution < -0.4 is 5.32 Å². The molecule has 1 N–H and O–H groups in total. The number of nitrogens with one attached hydrogen (secondary N) is 1. The summed E-state index contributed by atoms with van der Waals surface area (Å²) in [5, 5.41) is 3.67. The number of carbonyl (C=O) groups excluding carboxylic acids is 3. The number of hydrogen-bond donors (Lipinski definition) is 1. The number of anilines is 1. The van der Waals surface area contributed by atoms with Crippen molar-refractivity contribution in [3.63, 3.8) is 0 Å². The lowest BCUT2D eigenvalue weighted by Crippen LogP contribution is -2.21. The van der Waals surface area contributed by atoms with E-state index in [0.717, 1.165) is 9.86 Å². The van der Waals surface area contributed by atoms with Gasteiger partial charge in [-0.1, -0.05) is 82.7 Å². The predicted octanol–water partition coefficient (Wildman–Crippen LogP) is 5.88. The second-order valence-corrected chi connectivity index (χ2v) is 8.41. The van der Waals surface area contributed by atoms with Gasteiger partial charge < -0.3 is 10.1 Å². The van der Waals surface area contributed by atoms with Gasteiger partial charge >= 0.3 is 5.97 Å². The van der Waals surface area contributed by atoms with Crippen LogP contribution >= 0.6 is 15.9 Å². The Balaban J connectivity index is 1.42. The SMILES string of the molecule is O=C(CCC(=O)O[C@H](C(=O)c1ccccc1)c1ccccc1)Nc1ccc(Br)c2cccnc12. The molecule has 0 bridgehead atoms. The van der Waals surface area contributed by atoms with Gasteiger partial charge in [0.15, 0.2) is 6.10 Å². The molecule has 1 atom stereocenters. The molecule has 1 aromatic heterocycles. The van der Waals surface area contributed by atoms with Crippen LogP contribution in [-0.4, -0.2) is 22.6 Å². The Hall–Kier alpha value is -3.84. The second kappa shape index (κ2) is 10.9. The Morgan fingerprint density at radius 3 is 2.29 bits per heavy atom. The number of amides is 1. The van der Waals surface area contributed by atoms with Crippen molar-refractivity contribution >= 4 is 50.2 Å². The zero-order chi connectivity index (χ0) is 23.9. The van der Waals surface area contributed by atoms with Crippen LogP contribution in [-0.2, 0) is 14.3 Å². The topological polar surface area (TPSA) is 85.4 Å². The van der Waals surface area contributed by atoms with Crippen LogP contribution in [0.4, 0.5) is 5.69 Å². The molecule has 0 aliphatic rings. The van der Waals surface area contributed by atoms with E-state index in [2.05, 4.69) is 26.2 Å². The van der Waals surface area contributed by atoms with E-state index in [0.29, 0.717) is 22.3 Å². The van der Waals surface area contributed by atoms with Gasteiger partial charge in [0.1, 0.15) is 0 Å². The van der Waals surface area contributed by atoms with E-state index in [-0.39, 0.29) is 24.5 Å². The number of rotatable bonds is 8. The highest BCUT2D eigenvalue weighted by Gasteiger charge is 2.26. The molecule has 6 nitrogen and oxygen atoms in total. The fraction of sp³-hybridized carbons (Fsp3) is 0.111. The predicted molar refractivity (Wildman–Crippen MR) is 133 cm³/mol. The summed E-state index contributed by atoms with van der Waals surface area (Å²) in [4.78, 5) is 42.5. The maximum absolute atomic E-state index is 13.0. The lowest BCUT2D eigenvalue weighted by Gasteiger charge is -2.17. The minimum Gasteiger partial charge on any atom is -0.449 e. The summed E-state index contributed by atoms with van der Waals surface area (Å²) in [6, 6.07) is 24.8. The van der Waals surface area contributed by atoms with Crippen LogP contribution in [0.1, 0.15) is 34.9 Å². The molecule has 0 fully saturated rings. The number of carbonyl (C=O) groups is 3. The Bertz CT molecular complexity index is 1330. The number of Topliss-reactive ketones (excluding diaryl/α,β-unsaturated/α-hetero) is 1. The molecule has 7 heteroatoms. The molecule has 0 spiro atoms. The number of pyridine rings is 1. The molecule has 3 aromatic carbocycles. The lowest BCUT2D eigenvalue weighted by molar-refractivity contribution is -0.148. The molecule has 0 unspecified atom stereocenters. The van der Waals surface area contributed by atoms with Gasteiger partial charge in [-0.3, -0.25) is 19.4 Å². The second-order valence-electron chi connectivity index (χ2n) is 7.55. The van der Waals surface area contributed by atoms with E-state index < -0.39 is 12.1 Å². The average Bonchev–Trinajstić information content (AvgIpc) is 2.88. The fourth-order valence-corrected chi connectivity index (χ4v) is 3.96. The molecule has 0 saturated heterocycles. The van der Waals surface area contributed by atoms with Crippen molar-refractivity contribution in [2.75, 3.05) is 5.32 Å².